The van der Waals surface area contributed by atoms with Crippen LogP contribution in [0.1, 0.15) is 24.2 Å². The number of halogens is 1. The summed E-state index contributed by atoms with van der Waals surface area (Å²) in [6.07, 6.45) is 1.52. The van der Waals surface area contributed by atoms with Crippen LogP contribution in [0.5, 0.6) is 0 Å². The molecule has 6 heteroatoms. The Kier molecular flexibility index (Phi) is 4.89. The summed E-state index contributed by atoms with van der Waals surface area (Å²) in [6.45, 7) is 3.80. The van der Waals surface area contributed by atoms with Gasteiger partial charge in [0.15, 0.2) is 0 Å². The second kappa shape index (κ2) is 5.97. The Bertz CT molecular complexity index is 410. The maximum Gasteiger partial charge on any atom is 0.339 e. The van der Waals surface area contributed by atoms with Crippen molar-refractivity contribution in [2.45, 2.75) is 19.9 Å². The Labute approximate surface area is 108 Å². The molecule has 0 aromatic carbocycles. The maximum absolute atomic E-state index is 11.1. The molecule has 0 saturated carbocycles. The highest BCUT2D eigenvalue weighted by atomic mass is 79.9. The number of nitrogens with one attached hydrogen (secondary N) is 1. The van der Waals surface area contributed by atoms with Gasteiger partial charge in [-0.05, 0) is 27.9 Å². The van der Waals surface area contributed by atoms with E-state index in [1.165, 1.54) is 12.3 Å². The summed E-state index contributed by atoms with van der Waals surface area (Å²) in [7, 11) is 0. The number of nitrogens with zero attached hydrogens (tertiary/aromatic N) is 1. The fourth-order valence-corrected chi connectivity index (χ4v) is 1.65. The molecule has 0 amide bonds. The molecule has 0 fully saturated rings. The van der Waals surface area contributed by atoms with E-state index in [4.69, 9.17) is 5.11 Å². The number of aliphatic hydroxyl groups is 1. The van der Waals surface area contributed by atoms with Crippen molar-refractivity contribution in [2.75, 3.05) is 11.9 Å². The van der Waals surface area contributed by atoms with Gasteiger partial charge in [-0.2, -0.15) is 0 Å². The minimum atomic E-state index is -1.05. The van der Waals surface area contributed by atoms with Crippen LogP contribution in [0.4, 0.5) is 5.82 Å². The molecule has 0 aliphatic heterocycles. The molecule has 0 bridgehead atoms. The van der Waals surface area contributed by atoms with Crippen LogP contribution in [-0.2, 0) is 0 Å². The molecule has 0 spiro atoms. The topological polar surface area (TPSA) is 82.5 Å². The van der Waals surface area contributed by atoms with Gasteiger partial charge in [0.2, 0.25) is 0 Å². The summed E-state index contributed by atoms with van der Waals surface area (Å²) in [5.41, 5.74) is 0.0819. The molecular formula is C11H15BrN2O3. The van der Waals surface area contributed by atoms with Crippen LogP contribution in [0, 0.1) is 5.92 Å². The molecule has 94 valence electrons. The number of aromatic nitrogens is 1. The Morgan fingerprint density at radius 3 is 2.71 bits per heavy atom. The zero-order valence-corrected chi connectivity index (χ0v) is 11.2. The quantitative estimate of drug-likeness (QED) is 0.774. The fraction of sp³-hybridized carbons (Fsp3) is 0.455. The average Bonchev–Trinajstić information content (AvgIpc) is 2.26. The zero-order chi connectivity index (χ0) is 13.0. The minimum absolute atomic E-state index is 0.0749. The van der Waals surface area contributed by atoms with Crippen LogP contribution in [0.3, 0.4) is 0 Å². The van der Waals surface area contributed by atoms with E-state index in [2.05, 4.69) is 26.2 Å². The molecule has 1 aromatic rings. The summed E-state index contributed by atoms with van der Waals surface area (Å²) in [6, 6.07) is 1.26. The highest BCUT2D eigenvalue weighted by Crippen LogP contribution is 2.20. The van der Waals surface area contributed by atoms with E-state index >= 15 is 0 Å². The van der Waals surface area contributed by atoms with Gasteiger partial charge in [-0.3, -0.25) is 0 Å². The van der Waals surface area contributed by atoms with Crippen LogP contribution in [0.15, 0.2) is 16.7 Å². The smallest absolute Gasteiger partial charge is 0.339 e. The van der Waals surface area contributed by atoms with E-state index in [1.807, 2.05) is 13.8 Å². The number of anilines is 1. The minimum Gasteiger partial charge on any atom is -0.478 e. The van der Waals surface area contributed by atoms with E-state index in [1.54, 1.807) is 0 Å². The van der Waals surface area contributed by atoms with Crippen molar-refractivity contribution in [3.05, 3.63) is 22.3 Å². The molecular weight excluding hydrogens is 288 g/mol. The van der Waals surface area contributed by atoms with Crippen LogP contribution in [0.25, 0.3) is 0 Å². The van der Waals surface area contributed by atoms with Crippen LogP contribution < -0.4 is 5.32 Å². The summed E-state index contributed by atoms with van der Waals surface area (Å²) in [4.78, 5) is 15.1. The largest absolute Gasteiger partial charge is 0.478 e. The van der Waals surface area contributed by atoms with Crippen molar-refractivity contribution in [3.8, 4) is 0 Å². The van der Waals surface area contributed by atoms with E-state index in [0.29, 0.717) is 4.47 Å². The van der Waals surface area contributed by atoms with Crippen molar-refractivity contribution in [2.24, 2.45) is 5.92 Å². The Morgan fingerprint density at radius 1 is 1.59 bits per heavy atom. The standard InChI is InChI=1S/C11H15BrN2O3/c1-6(2)9(5-15)14-10-8(11(16)17)3-7(12)4-13-10/h3-4,6,9,15H,5H2,1-2H3,(H,13,14)(H,16,17). The van der Waals surface area contributed by atoms with Crippen molar-refractivity contribution < 1.29 is 15.0 Å². The normalized spacial score (nSPS) is 12.5. The second-order valence-electron chi connectivity index (χ2n) is 4.03. The lowest BCUT2D eigenvalue weighted by atomic mass is 10.1. The lowest BCUT2D eigenvalue weighted by Crippen LogP contribution is -2.30. The van der Waals surface area contributed by atoms with Crippen molar-refractivity contribution >= 4 is 27.7 Å². The number of aromatic carboxylic acids is 1. The molecule has 0 aliphatic rings. The number of pyridine rings is 1. The van der Waals surface area contributed by atoms with E-state index in [-0.39, 0.29) is 29.9 Å². The molecule has 1 aromatic heterocycles. The second-order valence-corrected chi connectivity index (χ2v) is 4.95. The third-order valence-corrected chi connectivity index (χ3v) is 2.84. The molecule has 0 saturated heterocycles. The number of carboxylic acid groups (broad SMARTS) is 1. The zero-order valence-electron chi connectivity index (χ0n) is 9.64. The average molecular weight is 303 g/mol. The SMILES string of the molecule is CC(C)C(CO)Nc1ncc(Br)cc1C(=O)O. The Balaban J connectivity index is 3.01. The van der Waals surface area contributed by atoms with Gasteiger partial charge in [0.25, 0.3) is 0 Å². The predicted molar refractivity (Wildman–Crippen MR) is 68.2 cm³/mol. The summed E-state index contributed by atoms with van der Waals surface area (Å²) in [5, 5.41) is 21.2. The van der Waals surface area contributed by atoms with Crippen LogP contribution in [0.2, 0.25) is 0 Å². The first-order chi connectivity index (χ1) is 7.95. The van der Waals surface area contributed by atoms with Crippen molar-refractivity contribution in [3.63, 3.8) is 0 Å². The third-order valence-electron chi connectivity index (χ3n) is 2.41. The predicted octanol–water partition coefficient (Wildman–Crippen LogP) is 1.97. The number of hydrogen-bond donors (Lipinski definition) is 3. The van der Waals surface area contributed by atoms with Crippen molar-refractivity contribution in [1.82, 2.24) is 4.98 Å². The van der Waals surface area contributed by atoms with Crippen LogP contribution in [-0.4, -0.2) is 33.8 Å². The molecule has 1 atom stereocenters. The van der Waals surface area contributed by atoms with Gasteiger partial charge in [-0.25, -0.2) is 9.78 Å². The molecule has 1 rings (SSSR count). The molecule has 1 unspecified atom stereocenters. The van der Waals surface area contributed by atoms with Gasteiger partial charge in [0.1, 0.15) is 11.4 Å². The third kappa shape index (κ3) is 3.67. The van der Waals surface area contributed by atoms with Gasteiger partial charge in [0.05, 0.1) is 12.6 Å². The highest BCUT2D eigenvalue weighted by Gasteiger charge is 2.17. The number of carboxylic acids is 1. The summed E-state index contributed by atoms with van der Waals surface area (Å²) in [5.74, 6) is -0.609. The van der Waals surface area contributed by atoms with E-state index in [0.717, 1.165) is 0 Å². The van der Waals surface area contributed by atoms with Gasteiger partial charge in [-0.1, -0.05) is 13.8 Å². The first-order valence-corrected chi connectivity index (χ1v) is 6.01. The van der Waals surface area contributed by atoms with Crippen LogP contribution >= 0.6 is 15.9 Å². The lowest BCUT2D eigenvalue weighted by Gasteiger charge is -2.21. The number of aliphatic hydroxyl groups excluding tert-OH is 1. The monoisotopic (exact) mass is 302 g/mol. The van der Waals surface area contributed by atoms with E-state index < -0.39 is 5.97 Å². The molecule has 17 heavy (non-hydrogen) atoms. The lowest BCUT2D eigenvalue weighted by molar-refractivity contribution is 0.0697. The van der Waals surface area contributed by atoms with Crippen molar-refractivity contribution in [1.29, 1.82) is 0 Å². The Morgan fingerprint density at radius 2 is 2.24 bits per heavy atom. The summed E-state index contributed by atoms with van der Waals surface area (Å²) >= 11 is 3.17. The molecule has 1 heterocycles. The number of hydrogen-bond acceptors (Lipinski definition) is 4. The number of carbonyl (C=O) groups is 1. The van der Waals surface area contributed by atoms with Gasteiger partial charge in [0, 0.05) is 10.7 Å². The first-order valence-electron chi connectivity index (χ1n) is 5.22. The molecule has 0 radical (unpaired) electrons. The number of rotatable bonds is 5. The fourth-order valence-electron chi connectivity index (χ4n) is 1.32. The van der Waals surface area contributed by atoms with E-state index in [9.17, 15) is 9.90 Å². The van der Waals surface area contributed by atoms with Gasteiger partial charge in [-0.15, -0.1) is 0 Å². The van der Waals surface area contributed by atoms with Gasteiger partial charge < -0.3 is 15.5 Å². The molecule has 0 aliphatic carbocycles. The maximum atomic E-state index is 11.1. The summed E-state index contributed by atoms with van der Waals surface area (Å²) < 4.78 is 0.602. The van der Waals surface area contributed by atoms with Gasteiger partial charge >= 0.3 is 5.97 Å². The first kappa shape index (κ1) is 13.9. The molecule has 3 N–H and O–H groups in total. The Hall–Kier alpha value is -1.14. The molecule has 5 nitrogen and oxygen atoms in total. The highest BCUT2D eigenvalue weighted by molar-refractivity contribution is 9.10.